The molecule has 0 aliphatic carbocycles. The van der Waals surface area contributed by atoms with Crippen molar-refractivity contribution in [2.75, 3.05) is 13.1 Å². The van der Waals surface area contributed by atoms with Crippen molar-refractivity contribution >= 4 is 23.2 Å². The van der Waals surface area contributed by atoms with E-state index >= 15 is 0 Å². The first kappa shape index (κ1) is 14.6. The van der Waals surface area contributed by atoms with Gasteiger partial charge in [0.1, 0.15) is 11.3 Å². The molecule has 1 saturated heterocycles. The molecule has 1 fully saturated rings. The smallest absolute Gasteiger partial charge is 0.172 e. The number of halogens is 2. The van der Waals surface area contributed by atoms with Crippen LogP contribution in [0.2, 0.25) is 10.3 Å². The monoisotopic (exact) mass is 322 g/mol. The van der Waals surface area contributed by atoms with E-state index in [4.69, 9.17) is 27.9 Å². The lowest BCUT2D eigenvalue weighted by Gasteiger charge is -2.25. The third-order valence-electron chi connectivity index (χ3n) is 3.69. The van der Waals surface area contributed by atoms with Crippen LogP contribution in [-0.2, 0) is 0 Å². The first-order chi connectivity index (χ1) is 10.2. The summed E-state index contributed by atoms with van der Waals surface area (Å²) in [6.45, 7) is 1.96. The molecule has 3 rings (SSSR count). The number of pyridine rings is 1. The van der Waals surface area contributed by atoms with Crippen molar-refractivity contribution in [3.05, 3.63) is 58.3 Å². The van der Waals surface area contributed by atoms with Crippen LogP contribution >= 0.6 is 23.2 Å². The second-order valence-electron chi connectivity index (χ2n) is 5.12. The fourth-order valence-corrected chi connectivity index (χ4v) is 3.03. The molecule has 1 aliphatic rings. The number of nitrogens with one attached hydrogen (secondary N) is 1. The van der Waals surface area contributed by atoms with Gasteiger partial charge in [-0.1, -0.05) is 53.5 Å². The average molecular weight is 323 g/mol. The molecular formula is C16H16Cl2N2O. The van der Waals surface area contributed by atoms with Gasteiger partial charge in [0.2, 0.25) is 0 Å². The van der Waals surface area contributed by atoms with Gasteiger partial charge in [-0.3, -0.25) is 0 Å². The summed E-state index contributed by atoms with van der Waals surface area (Å²) in [5.41, 5.74) is 1.15. The van der Waals surface area contributed by atoms with Gasteiger partial charge >= 0.3 is 0 Å². The summed E-state index contributed by atoms with van der Waals surface area (Å²) in [7, 11) is 0. The molecule has 0 unspecified atom stereocenters. The average Bonchev–Trinajstić information content (AvgIpc) is 3.01. The molecule has 110 valence electrons. The molecule has 0 radical (unpaired) electrons. The number of nitrogens with zero attached hydrogens (tertiary/aromatic N) is 1. The standard InChI is InChI=1S/C16H16Cl2N2O/c17-14-7-6-13(16(18)20-14)21-15(12-8-9-19-10-12)11-4-2-1-3-5-11/h1-7,12,15,19H,8-10H2/t12-,15-/m0/s1. The van der Waals surface area contributed by atoms with Crippen molar-refractivity contribution in [3.63, 3.8) is 0 Å². The van der Waals surface area contributed by atoms with Crippen LogP contribution in [0, 0.1) is 5.92 Å². The van der Waals surface area contributed by atoms with E-state index in [0.29, 0.717) is 22.0 Å². The molecule has 0 spiro atoms. The third-order valence-corrected chi connectivity index (χ3v) is 4.17. The molecule has 21 heavy (non-hydrogen) atoms. The predicted molar refractivity (Wildman–Crippen MR) is 85.0 cm³/mol. The van der Waals surface area contributed by atoms with Crippen LogP contribution in [0.25, 0.3) is 0 Å². The van der Waals surface area contributed by atoms with Gasteiger partial charge in [-0.25, -0.2) is 4.98 Å². The van der Waals surface area contributed by atoms with E-state index < -0.39 is 0 Å². The van der Waals surface area contributed by atoms with E-state index in [1.165, 1.54) is 0 Å². The van der Waals surface area contributed by atoms with Gasteiger partial charge < -0.3 is 10.1 Å². The molecule has 1 N–H and O–H groups in total. The highest BCUT2D eigenvalue weighted by Gasteiger charge is 2.28. The van der Waals surface area contributed by atoms with Crippen LogP contribution < -0.4 is 10.1 Å². The fraction of sp³-hybridized carbons (Fsp3) is 0.312. The SMILES string of the molecule is Clc1ccc(O[C@@H](c2ccccc2)[C@H]2CCNC2)c(Cl)n1. The van der Waals surface area contributed by atoms with Crippen molar-refractivity contribution < 1.29 is 4.74 Å². The van der Waals surface area contributed by atoms with Gasteiger partial charge in [0.25, 0.3) is 0 Å². The van der Waals surface area contributed by atoms with Crippen LogP contribution in [0.4, 0.5) is 0 Å². The molecule has 1 aliphatic heterocycles. The summed E-state index contributed by atoms with van der Waals surface area (Å²) in [4.78, 5) is 4.04. The Labute approximate surface area is 134 Å². The Morgan fingerprint density at radius 2 is 1.95 bits per heavy atom. The van der Waals surface area contributed by atoms with Crippen LogP contribution in [0.15, 0.2) is 42.5 Å². The van der Waals surface area contributed by atoms with Crippen LogP contribution in [-0.4, -0.2) is 18.1 Å². The summed E-state index contributed by atoms with van der Waals surface area (Å²) >= 11 is 12.0. The Kier molecular flexibility index (Phi) is 4.63. The molecule has 0 saturated carbocycles. The van der Waals surface area contributed by atoms with Crippen molar-refractivity contribution in [2.45, 2.75) is 12.5 Å². The van der Waals surface area contributed by atoms with E-state index in [9.17, 15) is 0 Å². The highest BCUT2D eigenvalue weighted by molar-refractivity contribution is 6.33. The summed E-state index contributed by atoms with van der Waals surface area (Å²) in [6, 6.07) is 13.7. The number of hydrogen-bond acceptors (Lipinski definition) is 3. The van der Waals surface area contributed by atoms with Gasteiger partial charge in [-0.05, 0) is 30.7 Å². The second-order valence-corrected chi connectivity index (χ2v) is 5.87. The molecule has 3 nitrogen and oxygen atoms in total. The molecule has 0 bridgehead atoms. The molecule has 2 heterocycles. The number of rotatable bonds is 4. The molecule has 1 aromatic carbocycles. The van der Waals surface area contributed by atoms with E-state index in [-0.39, 0.29) is 6.10 Å². The molecule has 5 heteroatoms. The Balaban J connectivity index is 1.88. The maximum absolute atomic E-state index is 6.18. The van der Waals surface area contributed by atoms with Crippen molar-refractivity contribution in [3.8, 4) is 5.75 Å². The summed E-state index contributed by atoms with van der Waals surface area (Å²) < 4.78 is 6.18. The zero-order valence-corrected chi connectivity index (χ0v) is 12.9. The summed E-state index contributed by atoms with van der Waals surface area (Å²) in [5, 5.41) is 4.05. The highest BCUT2D eigenvalue weighted by atomic mass is 35.5. The minimum atomic E-state index is -0.0401. The first-order valence-electron chi connectivity index (χ1n) is 6.98. The Morgan fingerprint density at radius 3 is 2.62 bits per heavy atom. The zero-order valence-electron chi connectivity index (χ0n) is 11.4. The Hall–Kier alpha value is -1.29. The first-order valence-corrected chi connectivity index (χ1v) is 7.74. The van der Waals surface area contributed by atoms with Crippen LogP contribution in [0.3, 0.4) is 0 Å². The number of hydrogen-bond donors (Lipinski definition) is 1. The maximum atomic E-state index is 6.18. The predicted octanol–water partition coefficient (Wildman–Crippen LogP) is 4.12. The summed E-state index contributed by atoms with van der Waals surface area (Å²) in [5.74, 6) is 0.987. The summed E-state index contributed by atoms with van der Waals surface area (Å²) in [6.07, 6.45) is 1.04. The largest absolute Gasteiger partial charge is 0.482 e. The maximum Gasteiger partial charge on any atom is 0.172 e. The minimum Gasteiger partial charge on any atom is -0.482 e. The molecule has 0 amide bonds. The fourth-order valence-electron chi connectivity index (χ4n) is 2.64. The lowest BCUT2D eigenvalue weighted by Crippen LogP contribution is -2.21. The number of benzene rings is 1. The lowest BCUT2D eigenvalue weighted by molar-refractivity contribution is 0.144. The van der Waals surface area contributed by atoms with E-state index in [2.05, 4.69) is 22.4 Å². The van der Waals surface area contributed by atoms with Crippen molar-refractivity contribution in [1.29, 1.82) is 0 Å². The van der Waals surface area contributed by atoms with E-state index in [0.717, 1.165) is 25.1 Å². The van der Waals surface area contributed by atoms with Crippen molar-refractivity contribution in [2.24, 2.45) is 5.92 Å². The normalized spacial score (nSPS) is 19.4. The second kappa shape index (κ2) is 6.65. The van der Waals surface area contributed by atoms with Gasteiger partial charge in [0, 0.05) is 12.5 Å². The zero-order chi connectivity index (χ0) is 14.7. The Bertz CT molecular complexity index is 600. The van der Waals surface area contributed by atoms with Crippen LogP contribution in [0.1, 0.15) is 18.1 Å². The molecule has 2 aromatic rings. The number of ether oxygens (including phenoxy) is 1. The van der Waals surface area contributed by atoms with Gasteiger partial charge in [0.05, 0.1) is 0 Å². The molecular weight excluding hydrogens is 307 g/mol. The molecule has 2 atom stereocenters. The van der Waals surface area contributed by atoms with Crippen LogP contribution in [0.5, 0.6) is 5.75 Å². The highest BCUT2D eigenvalue weighted by Crippen LogP contribution is 2.34. The van der Waals surface area contributed by atoms with Crippen molar-refractivity contribution in [1.82, 2.24) is 10.3 Å². The minimum absolute atomic E-state index is 0.0401. The Morgan fingerprint density at radius 1 is 1.14 bits per heavy atom. The van der Waals surface area contributed by atoms with Gasteiger partial charge in [-0.2, -0.15) is 0 Å². The number of aromatic nitrogens is 1. The van der Waals surface area contributed by atoms with E-state index in [1.54, 1.807) is 12.1 Å². The quantitative estimate of drug-likeness (QED) is 0.860. The van der Waals surface area contributed by atoms with Gasteiger partial charge in [0.15, 0.2) is 10.9 Å². The lowest BCUT2D eigenvalue weighted by atomic mass is 9.95. The topological polar surface area (TPSA) is 34.1 Å². The third kappa shape index (κ3) is 3.49. The van der Waals surface area contributed by atoms with Gasteiger partial charge in [-0.15, -0.1) is 0 Å². The van der Waals surface area contributed by atoms with E-state index in [1.807, 2.05) is 18.2 Å². The molecule has 1 aromatic heterocycles.